The molecule has 30 heavy (non-hydrogen) atoms. The smallest absolute Gasteiger partial charge is 0.241 e. The number of rotatable bonds is 6. The van der Waals surface area contributed by atoms with E-state index in [0.717, 1.165) is 17.5 Å². The lowest BCUT2D eigenvalue weighted by Crippen LogP contribution is -2.29. The molecule has 3 aromatic rings. The Labute approximate surface area is 176 Å². The summed E-state index contributed by atoms with van der Waals surface area (Å²) in [6, 6.07) is 20.9. The Balaban J connectivity index is 1.69. The lowest BCUT2D eigenvalue weighted by molar-refractivity contribution is 0.297. The number of methoxy groups -OCH3 is 1. The Hall–Kier alpha value is -3.03. The molecule has 0 fully saturated rings. The highest BCUT2D eigenvalue weighted by molar-refractivity contribution is 7.89. The van der Waals surface area contributed by atoms with Crippen LogP contribution >= 0.6 is 0 Å². The summed E-state index contributed by atoms with van der Waals surface area (Å²) in [5.41, 5.74) is 1.64. The third-order valence-corrected chi connectivity index (χ3v) is 6.30. The Kier molecular flexibility index (Phi) is 5.92. The fraction of sp³-hybridized carbons (Fsp3) is 0.217. The van der Waals surface area contributed by atoms with E-state index < -0.39 is 16.1 Å². The zero-order chi connectivity index (χ0) is 21.0. The number of sulfonamides is 1. The fourth-order valence-electron chi connectivity index (χ4n) is 3.30. The molecule has 0 radical (unpaired) electrons. The van der Waals surface area contributed by atoms with Crippen LogP contribution in [0.25, 0.3) is 0 Å². The van der Waals surface area contributed by atoms with Crippen molar-refractivity contribution in [2.75, 3.05) is 20.3 Å². The molecule has 4 rings (SSSR count). The predicted molar refractivity (Wildman–Crippen MR) is 114 cm³/mol. The molecular weight excluding hydrogens is 402 g/mol. The number of ether oxygens (including phenoxy) is 3. The van der Waals surface area contributed by atoms with E-state index in [1.165, 1.54) is 12.1 Å². The Morgan fingerprint density at radius 1 is 0.867 bits per heavy atom. The zero-order valence-electron chi connectivity index (χ0n) is 16.6. The summed E-state index contributed by atoms with van der Waals surface area (Å²) in [6.07, 6.45) is 0.753. The zero-order valence-corrected chi connectivity index (χ0v) is 17.4. The summed E-state index contributed by atoms with van der Waals surface area (Å²) in [5.74, 6) is 1.70. The van der Waals surface area contributed by atoms with E-state index >= 15 is 0 Å². The van der Waals surface area contributed by atoms with Gasteiger partial charge in [-0.2, -0.15) is 4.72 Å². The van der Waals surface area contributed by atoms with Gasteiger partial charge in [-0.1, -0.05) is 42.5 Å². The maximum absolute atomic E-state index is 13.3. The van der Waals surface area contributed by atoms with E-state index in [1.807, 2.05) is 54.6 Å². The molecule has 156 valence electrons. The number of nitrogens with one attached hydrogen (secondary N) is 1. The van der Waals surface area contributed by atoms with Crippen molar-refractivity contribution >= 4 is 10.0 Å². The van der Waals surface area contributed by atoms with Gasteiger partial charge in [-0.25, -0.2) is 8.42 Å². The molecule has 0 amide bonds. The molecule has 0 saturated carbocycles. The topological polar surface area (TPSA) is 73.9 Å². The minimum Gasteiger partial charge on any atom is -0.497 e. The van der Waals surface area contributed by atoms with Crippen molar-refractivity contribution in [1.82, 2.24) is 4.72 Å². The van der Waals surface area contributed by atoms with Crippen LogP contribution in [0.4, 0.5) is 0 Å². The van der Waals surface area contributed by atoms with E-state index in [-0.39, 0.29) is 4.90 Å². The molecule has 1 N–H and O–H groups in total. The molecule has 1 aliphatic heterocycles. The van der Waals surface area contributed by atoms with Crippen LogP contribution in [-0.2, 0) is 10.0 Å². The summed E-state index contributed by atoms with van der Waals surface area (Å²) in [5, 5.41) is 0. The van der Waals surface area contributed by atoms with Crippen LogP contribution in [0.3, 0.4) is 0 Å². The molecule has 3 aromatic carbocycles. The molecule has 7 heteroatoms. The second kappa shape index (κ2) is 8.77. The Bertz CT molecular complexity index is 1100. The Morgan fingerprint density at radius 2 is 1.53 bits per heavy atom. The van der Waals surface area contributed by atoms with Gasteiger partial charge in [0.2, 0.25) is 10.0 Å². The molecule has 1 aliphatic rings. The van der Waals surface area contributed by atoms with Gasteiger partial charge in [-0.3, -0.25) is 0 Å². The highest BCUT2D eigenvalue weighted by atomic mass is 32.2. The predicted octanol–water partition coefficient (Wildman–Crippen LogP) is 3.92. The van der Waals surface area contributed by atoms with Crippen LogP contribution in [0.15, 0.2) is 77.7 Å². The lowest BCUT2D eigenvalue weighted by atomic mass is 10.00. The van der Waals surface area contributed by atoms with Crippen LogP contribution < -0.4 is 18.9 Å². The van der Waals surface area contributed by atoms with Gasteiger partial charge >= 0.3 is 0 Å². The summed E-state index contributed by atoms with van der Waals surface area (Å²) >= 11 is 0. The first-order valence-electron chi connectivity index (χ1n) is 9.68. The van der Waals surface area contributed by atoms with Crippen LogP contribution in [0.5, 0.6) is 17.2 Å². The fourth-order valence-corrected chi connectivity index (χ4v) is 4.53. The van der Waals surface area contributed by atoms with Gasteiger partial charge in [-0.05, 0) is 35.4 Å². The van der Waals surface area contributed by atoms with E-state index in [1.54, 1.807) is 13.2 Å². The molecule has 0 aliphatic carbocycles. The third kappa shape index (κ3) is 4.42. The second-order valence-corrected chi connectivity index (χ2v) is 8.61. The minimum atomic E-state index is -3.83. The molecular formula is C23H23NO5S. The maximum atomic E-state index is 13.3. The molecule has 1 heterocycles. The monoisotopic (exact) mass is 425 g/mol. The van der Waals surface area contributed by atoms with E-state index in [0.29, 0.717) is 30.5 Å². The SMILES string of the molecule is COc1ccc([C@@H](NS(=O)(=O)c2ccc3c(c2)OCCCO3)c2ccccc2)cc1. The van der Waals surface area contributed by atoms with E-state index in [9.17, 15) is 8.42 Å². The molecule has 0 aromatic heterocycles. The molecule has 1 atom stereocenters. The summed E-state index contributed by atoms with van der Waals surface area (Å²) in [4.78, 5) is 0.126. The standard InChI is InChI=1S/C23H23NO5S/c1-27-19-10-8-18(9-11-19)23(17-6-3-2-4-7-17)24-30(25,26)20-12-13-21-22(16-20)29-15-5-14-28-21/h2-4,6-13,16,23-24H,5,14-15H2,1H3/t23-/m0/s1. The minimum absolute atomic E-state index is 0.126. The van der Waals surface area contributed by atoms with Crippen molar-refractivity contribution in [2.45, 2.75) is 17.4 Å². The van der Waals surface area contributed by atoms with Gasteiger partial charge in [0, 0.05) is 12.5 Å². The van der Waals surface area contributed by atoms with Gasteiger partial charge in [0.05, 0.1) is 31.3 Å². The quantitative estimate of drug-likeness (QED) is 0.648. The first-order chi connectivity index (χ1) is 14.6. The van der Waals surface area contributed by atoms with Crippen molar-refractivity contribution in [3.05, 3.63) is 83.9 Å². The Morgan fingerprint density at radius 3 is 2.23 bits per heavy atom. The lowest BCUT2D eigenvalue weighted by Gasteiger charge is -2.20. The highest BCUT2D eigenvalue weighted by Gasteiger charge is 2.24. The summed E-state index contributed by atoms with van der Waals surface area (Å²) in [7, 11) is -2.24. The average Bonchev–Trinajstić information content (AvgIpc) is 3.03. The molecule has 6 nitrogen and oxygen atoms in total. The number of hydrogen-bond donors (Lipinski definition) is 1. The van der Waals surface area contributed by atoms with E-state index in [4.69, 9.17) is 14.2 Å². The van der Waals surface area contributed by atoms with Crippen molar-refractivity contribution < 1.29 is 22.6 Å². The molecule has 0 spiro atoms. The third-order valence-electron chi connectivity index (χ3n) is 4.88. The van der Waals surface area contributed by atoms with Crippen LogP contribution in [-0.4, -0.2) is 28.7 Å². The molecule has 0 bridgehead atoms. The van der Waals surface area contributed by atoms with Crippen LogP contribution in [0.1, 0.15) is 23.6 Å². The molecule has 0 saturated heterocycles. The maximum Gasteiger partial charge on any atom is 0.241 e. The van der Waals surface area contributed by atoms with Gasteiger partial charge in [0.15, 0.2) is 11.5 Å². The number of hydrogen-bond acceptors (Lipinski definition) is 5. The first kappa shape index (κ1) is 20.3. The van der Waals surface area contributed by atoms with Crippen molar-refractivity contribution in [2.24, 2.45) is 0 Å². The van der Waals surface area contributed by atoms with Crippen molar-refractivity contribution in [3.8, 4) is 17.2 Å². The normalized spacial score (nSPS) is 14.6. The summed E-state index contributed by atoms with van der Waals surface area (Å²) in [6.45, 7) is 1.04. The molecule has 0 unspecified atom stereocenters. The van der Waals surface area contributed by atoms with Gasteiger partial charge in [0.1, 0.15) is 5.75 Å². The van der Waals surface area contributed by atoms with Crippen LogP contribution in [0.2, 0.25) is 0 Å². The highest BCUT2D eigenvalue weighted by Crippen LogP contribution is 2.33. The first-order valence-corrected chi connectivity index (χ1v) is 11.2. The van der Waals surface area contributed by atoms with Crippen LogP contribution in [0, 0.1) is 0 Å². The van der Waals surface area contributed by atoms with Gasteiger partial charge in [0.25, 0.3) is 0 Å². The second-order valence-electron chi connectivity index (χ2n) is 6.90. The van der Waals surface area contributed by atoms with Gasteiger partial charge < -0.3 is 14.2 Å². The van der Waals surface area contributed by atoms with Crippen molar-refractivity contribution in [1.29, 1.82) is 0 Å². The largest absolute Gasteiger partial charge is 0.497 e. The van der Waals surface area contributed by atoms with Crippen molar-refractivity contribution in [3.63, 3.8) is 0 Å². The average molecular weight is 426 g/mol. The summed E-state index contributed by atoms with van der Waals surface area (Å²) < 4.78 is 45.8. The number of fused-ring (bicyclic) bond motifs is 1. The number of benzene rings is 3. The van der Waals surface area contributed by atoms with E-state index in [2.05, 4.69) is 4.72 Å². The van der Waals surface area contributed by atoms with Gasteiger partial charge in [-0.15, -0.1) is 0 Å².